The van der Waals surface area contributed by atoms with Gasteiger partial charge in [0.25, 0.3) is 0 Å². The van der Waals surface area contributed by atoms with E-state index in [9.17, 15) is 48.3 Å². The number of alkyl halides is 2. The Morgan fingerprint density at radius 2 is 1.44 bits per heavy atom. The van der Waals surface area contributed by atoms with Crippen LogP contribution in [0.1, 0.15) is 149 Å². The summed E-state index contributed by atoms with van der Waals surface area (Å²) in [7, 11) is 6.08. The van der Waals surface area contributed by atoms with Gasteiger partial charge in [-0.3, -0.25) is 38.5 Å². The highest BCUT2D eigenvalue weighted by molar-refractivity contribution is 6.18. The molecule has 1 aromatic heterocycles. The first-order valence-corrected chi connectivity index (χ1v) is 33.2. The number of nitrogens with two attached hydrogens (primary N) is 1. The molecular formula is C65H101Cl2N13O13. The number of rotatable bonds is 38. The number of amides is 10. The summed E-state index contributed by atoms with van der Waals surface area (Å²) in [5.74, 6) is -4.47. The first-order valence-electron chi connectivity index (χ1n) is 32.1. The van der Waals surface area contributed by atoms with Gasteiger partial charge in [0.2, 0.25) is 41.4 Å². The second-order valence-electron chi connectivity index (χ2n) is 24.6. The van der Waals surface area contributed by atoms with E-state index in [2.05, 4.69) is 42.2 Å². The standard InChI is InChI=1S/C65H101Cl2N13O13/c1-14-40(7)56(51(91-12)34-53(82)79-32-20-25-49(79)58(92-13)41(8)59(84)70-42(9)57(83)44-22-17-16-18-23-44)78(11)63(88)55(39(5)6)74-61(86)48(15-2)77(10)65(90)93-37-43-27-29-45(30-28-43)71-60(85)46(24-19-31-69-64(68)89)72-62(87)54(38(3)4)73-52(81)26-21-33-80-50(36-67)47(35-66)75-76-80/h16-18,22-23,27-30,38-42,46,48-49,51,54-58,83H,14-15,19-21,24-26,31-37H2,1-13H3,(H,70,84)(H,71,85)(H,72,87)(H,73,81)(H,74,86)(H3,68,69,89)/t40-,41+,42+,46-,48-,49-,51+,54-,55-,56-,57+,58+/m0/s1. The smallest absolute Gasteiger partial charge is 0.410 e. The van der Waals surface area contributed by atoms with Crippen molar-refractivity contribution in [3.05, 3.63) is 77.1 Å². The largest absolute Gasteiger partial charge is 0.445 e. The molecule has 2 heterocycles. The lowest BCUT2D eigenvalue weighted by Gasteiger charge is -2.41. The molecule has 1 aliphatic heterocycles. The first kappa shape index (κ1) is 78.3. The van der Waals surface area contributed by atoms with E-state index in [1.54, 1.807) is 106 Å². The van der Waals surface area contributed by atoms with Crippen molar-refractivity contribution in [2.45, 2.75) is 206 Å². The molecule has 0 aliphatic carbocycles. The minimum atomic E-state index is -1.10. The maximum absolute atomic E-state index is 14.7. The van der Waals surface area contributed by atoms with Crippen molar-refractivity contribution in [1.82, 2.24) is 56.3 Å². The van der Waals surface area contributed by atoms with Gasteiger partial charge >= 0.3 is 12.1 Å². The van der Waals surface area contributed by atoms with Gasteiger partial charge in [-0.2, -0.15) is 0 Å². The molecule has 0 unspecified atom stereocenters. The first-order chi connectivity index (χ1) is 44.2. The predicted molar refractivity (Wildman–Crippen MR) is 353 cm³/mol. The van der Waals surface area contributed by atoms with Crippen LogP contribution in [0.5, 0.6) is 0 Å². The van der Waals surface area contributed by atoms with Gasteiger partial charge in [0, 0.05) is 60.1 Å². The number of benzene rings is 2. The quantitative estimate of drug-likeness (QED) is 0.0245. The fourth-order valence-electron chi connectivity index (χ4n) is 11.6. The Kier molecular flexibility index (Phi) is 32.8. The number of hydrogen-bond acceptors (Lipinski definition) is 15. The second kappa shape index (κ2) is 38.9. The summed E-state index contributed by atoms with van der Waals surface area (Å²) in [5.41, 5.74) is 8.00. The number of aliphatic hydroxyl groups is 1. The SMILES string of the molecule is CC[C@H](C)[C@@H]([C@@H](CC(=O)N1CCC[C@H]1[C@H](OC)[C@@H](C)C(=O)N[C@H](C)[C@@H](O)c1ccccc1)OC)N(C)C(=O)[C@@H](NC(=O)[C@H](CC)N(C)C(=O)OCc1ccc(NC(=O)[C@H](CCCNC(N)=O)NC(=O)[C@@H](NC(=O)CCCn2nnc(CCl)c2CCl)C(C)C)cc1)C(C)C. The van der Waals surface area contributed by atoms with Crippen LogP contribution in [-0.2, 0) is 72.7 Å². The Morgan fingerprint density at radius 3 is 2.02 bits per heavy atom. The lowest BCUT2D eigenvalue weighted by molar-refractivity contribution is -0.148. The number of halogens is 2. The molecule has 1 saturated heterocycles. The summed E-state index contributed by atoms with van der Waals surface area (Å²) in [5, 5.41) is 35.7. The molecule has 93 heavy (non-hydrogen) atoms. The molecule has 0 spiro atoms. The minimum absolute atomic E-state index is 0.0566. The summed E-state index contributed by atoms with van der Waals surface area (Å²) < 4.78 is 19.3. The Balaban J connectivity index is 1.37. The number of urea groups is 1. The van der Waals surface area contributed by atoms with E-state index in [1.165, 1.54) is 21.3 Å². The van der Waals surface area contributed by atoms with Gasteiger partial charge in [-0.05, 0) is 86.5 Å². The Labute approximate surface area is 557 Å². The van der Waals surface area contributed by atoms with Gasteiger partial charge in [0.05, 0.1) is 66.2 Å². The fraction of sp³-hybridized carbons (Fsp3) is 0.646. The molecular weight excluding hydrogens is 1240 g/mol. The molecule has 0 saturated carbocycles. The summed E-state index contributed by atoms with van der Waals surface area (Å²) in [6, 6.07) is 8.85. The van der Waals surface area contributed by atoms with E-state index >= 15 is 0 Å². The number of aliphatic hydroxyl groups excluding tert-OH is 1. The van der Waals surface area contributed by atoms with Gasteiger partial charge in [0.15, 0.2) is 0 Å². The van der Waals surface area contributed by atoms with E-state index < -0.39 is 114 Å². The highest BCUT2D eigenvalue weighted by atomic mass is 35.5. The van der Waals surface area contributed by atoms with Crippen molar-refractivity contribution in [2.75, 3.05) is 46.7 Å². The van der Waals surface area contributed by atoms with Crippen LogP contribution in [0.2, 0.25) is 0 Å². The number of nitrogens with zero attached hydrogens (tertiary/aromatic N) is 6. The Bertz CT molecular complexity index is 2910. The number of likely N-dealkylation sites (N-methyl/N-ethyl adjacent to an activating group) is 2. The van der Waals surface area contributed by atoms with Crippen LogP contribution in [0.25, 0.3) is 0 Å². The van der Waals surface area contributed by atoms with E-state index in [0.717, 1.165) is 4.90 Å². The monoisotopic (exact) mass is 1340 g/mol. The molecule has 518 valence electrons. The highest BCUT2D eigenvalue weighted by Gasteiger charge is 2.44. The molecule has 1 fully saturated rings. The van der Waals surface area contributed by atoms with Crippen LogP contribution in [-0.4, -0.2) is 184 Å². The number of aromatic nitrogens is 3. The maximum Gasteiger partial charge on any atom is 0.410 e. The van der Waals surface area contributed by atoms with Gasteiger partial charge in [0.1, 0.15) is 36.5 Å². The summed E-state index contributed by atoms with van der Waals surface area (Å²) in [4.78, 5) is 127. The van der Waals surface area contributed by atoms with Crippen molar-refractivity contribution in [2.24, 2.45) is 29.4 Å². The number of anilines is 1. The van der Waals surface area contributed by atoms with Crippen molar-refractivity contribution >= 4 is 82.4 Å². The number of ether oxygens (including phenoxy) is 3. The van der Waals surface area contributed by atoms with Gasteiger partial charge < -0.3 is 66.8 Å². The minimum Gasteiger partial charge on any atom is -0.445 e. The molecule has 12 atom stereocenters. The fourth-order valence-corrected chi connectivity index (χ4v) is 12.1. The molecule has 28 heteroatoms. The number of methoxy groups -OCH3 is 2. The molecule has 9 N–H and O–H groups in total. The summed E-state index contributed by atoms with van der Waals surface area (Å²) in [6.45, 7) is 16.9. The zero-order valence-corrected chi connectivity index (χ0v) is 57.8. The van der Waals surface area contributed by atoms with Gasteiger partial charge in [-0.1, -0.05) is 109 Å². The number of hydrogen-bond donors (Lipinski definition) is 8. The molecule has 26 nitrogen and oxygen atoms in total. The third-order valence-electron chi connectivity index (χ3n) is 17.3. The molecule has 1 aliphatic rings. The number of nitrogens with one attached hydrogen (secondary N) is 6. The van der Waals surface area contributed by atoms with Crippen molar-refractivity contribution in [3.63, 3.8) is 0 Å². The van der Waals surface area contributed by atoms with Crippen LogP contribution in [0, 0.1) is 23.7 Å². The van der Waals surface area contributed by atoms with Gasteiger partial charge in [-0.25, -0.2) is 14.3 Å². The molecule has 10 amide bonds. The normalized spacial score (nSPS) is 16.7. The maximum atomic E-state index is 14.7. The van der Waals surface area contributed by atoms with Crippen LogP contribution in [0.3, 0.4) is 0 Å². The average molecular weight is 1340 g/mol. The Hall–Kier alpha value is -7.13. The number of aryl methyl sites for hydroxylation is 1. The lowest BCUT2D eigenvalue weighted by atomic mass is 9.89. The van der Waals surface area contributed by atoms with Crippen LogP contribution in [0.15, 0.2) is 54.6 Å². The third-order valence-corrected chi connectivity index (χ3v) is 17.8. The predicted octanol–water partition coefficient (Wildman–Crippen LogP) is 5.90. The molecule has 0 radical (unpaired) electrons. The van der Waals surface area contributed by atoms with Crippen LogP contribution >= 0.6 is 23.2 Å². The molecule has 2 aromatic carbocycles. The van der Waals surface area contributed by atoms with E-state index in [0.29, 0.717) is 67.0 Å². The van der Waals surface area contributed by atoms with Gasteiger partial charge in [-0.15, -0.1) is 28.3 Å². The van der Waals surface area contributed by atoms with E-state index in [4.69, 9.17) is 43.1 Å². The summed E-state index contributed by atoms with van der Waals surface area (Å²) in [6.07, 6.45) is -0.430. The average Bonchev–Trinajstić information content (AvgIpc) is 2.01. The molecule has 4 rings (SSSR count). The van der Waals surface area contributed by atoms with Crippen molar-refractivity contribution in [1.29, 1.82) is 0 Å². The number of likely N-dealkylation sites (tertiary alicyclic amines) is 1. The third kappa shape index (κ3) is 22.8. The van der Waals surface area contributed by atoms with Crippen LogP contribution < -0.4 is 37.6 Å². The lowest BCUT2D eigenvalue weighted by Crippen LogP contribution is -2.59. The van der Waals surface area contributed by atoms with Crippen molar-refractivity contribution < 1.29 is 62.5 Å². The number of primary amides is 1. The van der Waals surface area contributed by atoms with Crippen LogP contribution in [0.4, 0.5) is 15.3 Å². The highest BCUT2D eigenvalue weighted by Crippen LogP contribution is 2.31. The number of carbonyl (C=O) groups is 9. The zero-order valence-electron chi connectivity index (χ0n) is 56.2. The van der Waals surface area contributed by atoms with E-state index in [1.807, 2.05) is 32.0 Å². The second-order valence-corrected chi connectivity index (χ2v) is 25.1. The zero-order chi connectivity index (χ0) is 69.2. The number of carbonyl (C=O) groups excluding carboxylic acids is 9. The topological polar surface area (TPSA) is 340 Å². The Morgan fingerprint density at radius 1 is 0.774 bits per heavy atom. The van der Waals surface area contributed by atoms with E-state index in [-0.39, 0.29) is 80.7 Å². The van der Waals surface area contributed by atoms with Crippen molar-refractivity contribution in [3.8, 4) is 0 Å². The molecule has 0 bridgehead atoms. The summed E-state index contributed by atoms with van der Waals surface area (Å²) >= 11 is 12.0. The molecule has 3 aromatic rings.